The molecule has 0 radical (unpaired) electrons. The number of thiophene rings is 1. The van der Waals surface area contributed by atoms with Gasteiger partial charge in [0.05, 0.1) is 22.8 Å². The van der Waals surface area contributed by atoms with Gasteiger partial charge in [-0.3, -0.25) is 4.79 Å². The molecule has 1 fully saturated rings. The molecule has 4 aromatic rings. The average Bonchev–Trinajstić information content (AvgIpc) is 3.52. The third kappa shape index (κ3) is 5.86. The molecule has 2 aromatic heterocycles. The van der Waals surface area contributed by atoms with Crippen LogP contribution in [0.1, 0.15) is 45.0 Å². The summed E-state index contributed by atoms with van der Waals surface area (Å²) in [5, 5.41) is 8.73. The van der Waals surface area contributed by atoms with Crippen LogP contribution in [0, 0.1) is 6.92 Å². The number of amides is 1. The summed E-state index contributed by atoms with van der Waals surface area (Å²) >= 11 is 7.27. The van der Waals surface area contributed by atoms with Crippen molar-refractivity contribution in [3.05, 3.63) is 75.8 Å². The van der Waals surface area contributed by atoms with Gasteiger partial charge in [0, 0.05) is 29.1 Å². The average molecular weight is 587 g/mol. The van der Waals surface area contributed by atoms with Crippen molar-refractivity contribution in [1.29, 1.82) is 0 Å². The van der Waals surface area contributed by atoms with E-state index in [4.69, 9.17) is 16.3 Å². The Morgan fingerprint density at radius 2 is 1.82 bits per heavy atom. The number of benzene rings is 2. The molecule has 1 aliphatic heterocycles. The van der Waals surface area contributed by atoms with Gasteiger partial charge in [-0.1, -0.05) is 24.1 Å². The normalized spacial score (nSPS) is 14.4. The van der Waals surface area contributed by atoms with Crippen LogP contribution in [0.15, 0.2) is 59.5 Å². The number of sulfonamides is 1. The van der Waals surface area contributed by atoms with Crippen molar-refractivity contribution in [2.45, 2.75) is 31.1 Å². The number of carbonyl (C=O) groups excluding carboxylic acids is 2. The van der Waals surface area contributed by atoms with E-state index in [2.05, 4.69) is 10.4 Å². The monoisotopic (exact) mass is 586 g/mol. The summed E-state index contributed by atoms with van der Waals surface area (Å²) in [6, 6.07) is 15.0. The zero-order valence-electron chi connectivity index (χ0n) is 21.2. The molecule has 0 spiro atoms. The van der Waals surface area contributed by atoms with E-state index in [1.165, 1.54) is 27.8 Å². The largest absolute Gasteiger partial charge is 0.460 e. The number of rotatable bonds is 8. The molecule has 0 saturated carbocycles. The molecular formula is C27H27ClN4O5S2. The Morgan fingerprint density at radius 3 is 2.56 bits per heavy atom. The predicted octanol–water partition coefficient (Wildman–Crippen LogP) is 4.81. The highest BCUT2D eigenvalue weighted by Gasteiger charge is 2.26. The Morgan fingerprint density at radius 1 is 1.08 bits per heavy atom. The summed E-state index contributed by atoms with van der Waals surface area (Å²) in [6.07, 6.45) is 2.68. The van der Waals surface area contributed by atoms with E-state index in [-0.39, 0.29) is 23.6 Å². The Bertz CT molecular complexity index is 1620. The third-order valence-electron chi connectivity index (χ3n) is 6.49. The van der Waals surface area contributed by atoms with Crippen LogP contribution >= 0.6 is 22.9 Å². The van der Waals surface area contributed by atoms with E-state index < -0.39 is 21.9 Å². The van der Waals surface area contributed by atoms with Gasteiger partial charge in [0.1, 0.15) is 16.3 Å². The van der Waals surface area contributed by atoms with Crippen molar-refractivity contribution in [1.82, 2.24) is 19.4 Å². The zero-order valence-corrected chi connectivity index (χ0v) is 23.6. The van der Waals surface area contributed by atoms with Gasteiger partial charge in [-0.25, -0.2) is 17.9 Å². The number of aryl methyl sites for hydroxylation is 1. The van der Waals surface area contributed by atoms with Gasteiger partial charge in [-0.15, -0.1) is 11.3 Å². The highest BCUT2D eigenvalue weighted by Crippen LogP contribution is 2.31. The van der Waals surface area contributed by atoms with Gasteiger partial charge in [-0.2, -0.15) is 9.40 Å². The Balaban J connectivity index is 1.18. The van der Waals surface area contributed by atoms with Crippen molar-refractivity contribution >= 4 is 55.1 Å². The molecule has 1 saturated heterocycles. The van der Waals surface area contributed by atoms with Crippen molar-refractivity contribution in [3.63, 3.8) is 0 Å². The lowest BCUT2D eigenvalue weighted by atomic mass is 10.2. The molecule has 0 bridgehead atoms. The first-order valence-corrected chi connectivity index (χ1v) is 15.2. The highest BCUT2D eigenvalue weighted by atomic mass is 35.5. The fourth-order valence-corrected chi connectivity index (χ4v) is 7.20. The topological polar surface area (TPSA) is 111 Å². The molecule has 1 amide bonds. The maximum Gasteiger partial charge on any atom is 0.348 e. The third-order valence-corrected chi connectivity index (χ3v) is 9.72. The Hall–Kier alpha value is -3.25. The smallest absolute Gasteiger partial charge is 0.348 e. The van der Waals surface area contributed by atoms with Crippen LogP contribution in [0.5, 0.6) is 0 Å². The maximum atomic E-state index is 12.9. The second kappa shape index (κ2) is 11.5. The summed E-state index contributed by atoms with van der Waals surface area (Å²) in [5.41, 5.74) is 1.84. The van der Waals surface area contributed by atoms with Crippen LogP contribution < -0.4 is 5.32 Å². The van der Waals surface area contributed by atoms with Gasteiger partial charge < -0.3 is 10.1 Å². The number of halogens is 1. The van der Waals surface area contributed by atoms with Gasteiger partial charge in [0.15, 0.2) is 0 Å². The second-order valence-electron chi connectivity index (χ2n) is 9.19. The number of nitrogens with one attached hydrogen (secondary N) is 1. The van der Waals surface area contributed by atoms with Crippen LogP contribution in [-0.2, 0) is 14.8 Å². The molecule has 39 heavy (non-hydrogen) atoms. The van der Waals surface area contributed by atoms with E-state index >= 15 is 0 Å². The summed E-state index contributed by atoms with van der Waals surface area (Å²) in [7, 11) is -3.64. The molecule has 1 aliphatic rings. The number of aromatic nitrogens is 2. The minimum absolute atomic E-state index is 0.0348. The molecule has 9 nitrogen and oxygen atoms in total. The first-order valence-electron chi connectivity index (χ1n) is 12.5. The summed E-state index contributed by atoms with van der Waals surface area (Å²) < 4.78 is 34.5. The van der Waals surface area contributed by atoms with Gasteiger partial charge in [-0.05, 0) is 68.3 Å². The summed E-state index contributed by atoms with van der Waals surface area (Å²) in [4.78, 5) is 26.7. The van der Waals surface area contributed by atoms with Crippen LogP contribution in [0.4, 0.5) is 0 Å². The van der Waals surface area contributed by atoms with E-state index in [9.17, 15) is 18.0 Å². The molecule has 0 unspecified atom stereocenters. The molecule has 1 N–H and O–H groups in total. The lowest BCUT2D eigenvalue weighted by Gasteiger charge is -2.26. The van der Waals surface area contributed by atoms with Crippen LogP contribution in [0.25, 0.3) is 15.9 Å². The Kier molecular flexibility index (Phi) is 8.03. The van der Waals surface area contributed by atoms with Gasteiger partial charge in [0.2, 0.25) is 10.0 Å². The lowest BCUT2D eigenvalue weighted by Crippen LogP contribution is -2.35. The lowest BCUT2D eigenvalue weighted by molar-refractivity contribution is 0.0509. The number of fused-ring (bicyclic) bond motifs is 1. The maximum absolute atomic E-state index is 12.9. The fourth-order valence-electron chi connectivity index (χ4n) is 4.44. The molecule has 0 atom stereocenters. The highest BCUT2D eigenvalue weighted by molar-refractivity contribution is 7.89. The van der Waals surface area contributed by atoms with Gasteiger partial charge in [0.25, 0.3) is 5.91 Å². The van der Waals surface area contributed by atoms with E-state index in [0.717, 1.165) is 40.9 Å². The van der Waals surface area contributed by atoms with Crippen molar-refractivity contribution in [2.24, 2.45) is 0 Å². The predicted molar refractivity (Wildman–Crippen MR) is 150 cm³/mol. The standard InChI is InChI=1S/C27H27ClN4O5S2/c1-18-23-17-24(38-26(23)32(30-18)21-10-8-20(28)9-11-21)27(34)37-15-12-29-25(33)19-6-5-7-22(16-19)39(35,36)31-13-3-2-4-14-31/h5-11,16-17H,2-4,12-15H2,1H3,(H,29,33). The van der Waals surface area contributed by atoms with Crippen molar-refractivity contribution < 1.29 is 22.7 Å². The number of hydrogen-bond acceptors (Lipinski definition) is 7. The molecule has 2 aromatic carbocycles. The zero-order chi connectivity index (χ0) is 27.6. The first-order chi connectivity index (χ1) is 18.7. The Labute approximate surface area is 235 Å². The molecule has 12 heteroatoms. The molecule has 3 heterocycles. The van der Waals surface area contributed by atoms with Gasteiger partial charge >= 0.3 is 5.97 Å². The summed E-state index contributed by atoms with van der Waals surface area (Å²) in [5.74, 6) is -0.940. The van der Waals surface area contributed by atoms with E-state index in [1.807, 2.05) is 19.1 Å². The number of esters is 1. The molecule has 5 rings (SSSR count). The van der Waals surface area contributed by atoms with Crippen LogP contribution in [0.3, 0.4) is 0 Å². The van der Waals surface area contributed by atoms with Crippen LogP contribution in [0.2, 0.25) is 5.02 Å². The minimum Gasteiger partial charge on any atom is -0.460 e. The quantitative estimate of drug-likeness (QED) is 0.234. The number of nitrogens with zero attached hydrogens (tertiary/aromatic N) is 3. The number of hydrogen-bond donors (Lipinski definition) is 1. The molecule has 204 valence electrons. The molecular weight excluding hydrogens is 560 g/mol. The van der Waals surface area contributed by atoms with E-state index in [0.29, 0.717) is 23.0 Å². The second-order valence-corrected chi connectivity index (χ2v) is 12.6. The van der Waals surface area contributed by atoms with Crippen molar-refractivity contribution in [2.75, 3.05) is 26.2 Å². The van der Waals surface area contributed by atoms with E-state index in [1.54, 1.807) is 35.0 Å². The van der Waals surface area contributed by atoms with Crippen LogP contribution in [-0.4, -0.2) is 60.6 Å². The SMILES string of the molecule is Cc1nn(-c2ccc(Cl)cc2)c2sc(C(=O)OCCNC(=O)c3cccc(S(=O)(=O)N4CCCCC4)c3)cc12. The number of ether oxygens (including phenoxy) is 1. The number of carbonyl (C=O) groups is 2. The minimum atomic E-state index is -3.64. The van der Waals surface area contributed by atoms with Crippen molar-refractivity contribution in [3.8, 4) is 5.69 Å². The molecule has 0 aliphatic carbocycles. The number of piperidine rings is 1. The summed E-state index contributed by atoms with van der Waals surface area (Å²) in [6.45, 7) is 2.90. The first kappa shape index (κ1) is 27.3. The fraction of sp³-hybridized carbons (Fsp3) is 0.296.